The highest BCUT2D eigenvalue weighted by Crippen LogP contribution is 2.24. The molecule has 0 aliphatic carbocycles. The second-order valence-electron chi connectivity index (χ2n) is 7.32. The summed E-state index contributed by atoms with van der Waals surface area (Å²) in [5, 5.41) is 3.32. The third-order valence-corrected chi connectivity index (χ3v) is 5.67. The molecule has 0 unspecified atom stereocenters. The Labute approximate surface area is 129 Å². The van der Waals surface area contributed by atoms with Crippen LogP contribution in [0.1, 0.15) is 45.4 Å². The fourth-order valence-electron chi connectivity index (χ4n) is 4.30. The minimum absolute atomic E-state index is 0.248. The van der Waals surface area contributed by atoms with Gasteiger partial charge in [-0.25, -0.2) is 0 Å². The van der Waals surface area contributed by atoms with E-state index in [0.717, 1.165) is 38.6 Å². The molecule has 0 aromatic carbocycles. The number of carbonyl (C=O) groups is 1. The monoisotopic (exact) mass is 293 g/mol. The maximum atomic E-state index is 12.6. The number of hydrogen-bond donors (Lipinski definition) is 1. The van der Waals surface area contributed by atoms with E-state index in [-0.39, 0.29) is 5.92 Å². The molecule has 3 atom stereocenters. The molecule has 21 heavy (non-hydrogen) atoms. The van der Waals surface area contributed by atoms with Crippen LogP contribution in [0.3, 0.4) is 0 Å². The predicted octanol–water partition coefficient (Wildman–Crippen LogP) is 1.71. The van der Waals surface area contributed by atoms with Crippen LogP contribution in [0.25, 0.3) is 0 Å². The molecule has 0 aromatic rings. The lowest BCUT2D eigenvalue weighted by Gasteiger charge is -2.40. The highest BCUT2D eigenvalue weighted by molar-refractivity contribution is 5.79. The maximum absolute atomic E-state index is 12.6. The zero-order valence-corrected chi connectivity index (χ0v) is 13.5. The first-order valence-corrected chi connectivity index (χ1v) is 8.97. The Morgan fingerprint density at radius 2 is 2.05 bits per heavy atom. The zero-order chi connectivity index (χ0) is 14.7. The Kier molecular flexibility index (Phi) is 5.17. The van der Waals surface area contributed by atoms with Gasteiger partial charge in [0.05, 0.1) is 5.92 Å². The van der Waals surface area contributed by atoms with Crippen LogP contribution in [0.15, 0.2) is 0 Å². The number of rotatable bonds is 3. The van der Waals surface area contributed by atoms with Gasteiger partial charge in [0.1, 0.15) is 0 Å². The maximum Gasteiger partial charge on any atom is 0.227 e. The van der Waals surface area contributed by atoms with Gasteiger partial charge in [0.2, 0.25) is 5.91 Å². The van der Waals surface area contributed by atoms with Gasteiger partial charge in [-0.15, -0.1) is 0 Å². The molecule has 3 aliphatic heterocycles. The number of carbonyl (C=O) groups excluding carboxylic acids is 1. The standard InChI is InChI=1S/C17H31N3O/c1-14-5-2-3-9-19(14)12-15-6-4-10-20(13-15)17(21)16-7-8-18-11-16/h14-16,18H,2-13H2,1H3/t14-,15-,16-/m1/s1. The van der Waals surface area contributed by atoms with Crippen molar-refractivity contribution in [1.29, 1.82) is 0 Å². The molecule has 3 heterocycles. The Bertz CT molecular complexity index is 354. The van der Waals surface area contributed by atoms with E-state index in [0.29, 0.717) is 11.8 Å². The van der Waals surface area contributed by atoms with E-state index in [1.54, 1.807) is 0 Å². The smallest absolute Gasteiger partial charge is 0.227 e. The van der Waals surface area contributed by atoms with Crippen molar-refractivity contribution in [2.75, 3.05) is 39.3 Å². The van der Waals surface area contributed by atoms with Gasteiger partial charge in [-0.05, 0) is 58.0 Å². The van der Waals surface area contributed by atoms with Crippen molar-refractivity contribution in [1.82, 2.24) is 15.1 Å². The van der Waals surface area contributed by atoms with Crippen molar-refractivity contribution in [3.05, 3.63) is 0 Å². The molecular formula is C17H31N3O. The predicted molar refractivity (Wildman–Crippen MR) is 85.2 cm³/mol. The topological polar surface area (TPSA) is 35.6 Å². The first kappa shape index (κ1) is 15.3. The molecule has 0 bridgehead atoms. The molecule has 0 saturated carbocycles. The van der Waals surface area contributed by atoms with E-state index < -0.39 is 0 Å². The molecule has 4 heteroatoms. The number of amides is 1. The quantitative estimate of drug-likeness (QED) is 0.860. The summed E-state index contributed by atoms with van der Waals surface area (Å²) in [4.78, 5) is 17.4. The average molecular weight is 293 g/mol. The normalized spacial score (nSPS) is 35.1. The van der Waals surface area contributed by atoms with Crippen LogP contribution in [0.2, 0.25) is 0 Å². The molecule has 4 nitrogen and oxygen atoms in total. The molecule has 0 spiro atoms. The molecule has 0 radical (unpaired) electrons. The van der Waals surface area contributed by atoms with Crippen LogP contribution >= 0.6 is 0 Å². The third-order valence-electron chi connectivity index (χ3n) is 5.67. The van der Waals surface area contributed by atoms with Crippen molar-refractivity contribution in [3.63, 3.8) is 0 Å². The molecule has 3 saturated heterocycles. The summed E-state index contributed by atoms with van der Waals surface area (Å²) in [6.45, 7) is 8.73. The van der Waals surface area contributed by atoms with Gasteiger partial charge in [0, 0.05) is 32.2 Å². The lowest BCUT2D eigenvalue weighted by atomic mass is 9.93. The Morgan fingerprint density at radius 3 is 2.81 bits per heavy atom. The summed E-state index contributed by atoms with van der Waals surface area (Å²) >= 11 is 0. The summed E-state index contributed by atoms with van der Waals surface area (Å²) in [7, 11) is 0. The van der Waals surface area contributed by atoms with Crippen LogP contribution in [0, 0.1) is 11.8 Å². The molecular weight excluding hydrogens is 262 g/mol. The minimum atomic E-state index is 0.248. The molecule has 1 N–H and O–H groups in total. The second-order valence-corrected chi connectivity index (χ2v) is 7.32. The van der Waals surface area contributed by atoms with Gasteiger partial charge in [-0.3, -0.25) is 4.79 Å². The van der Waals surface area contributed by atoms with Crippen molar-refractivity contribution in [3.8, 4) is 0 Å². The molecule has 0 aromatic heterocycles. The lowest BCUT2D eigenvalue weighted by molar-refractivity contribution is -0.137. The van der Waals surface area contributed by atoms with Crippen LogP contribution in [0.4, 0.5) is 0 Å². The van der Waals surface area contributed by atoms with E-state index in [4.69, 9.17) is 0 Å². The lowest BCUT2D eigenvalue weighted by Crippen LogP contribution is -2.48. The van der Waals surface area contributed by atoms with Gasteiger partial charge in [-0.2, -0.15) is 0 Å². The third kappa shape index (κ3) is 3.78. The summed E-state index contributed by atoms with van der Waals surface area (Å²) in [6, 6.07) is 0.740. The van der Waals surface area contributed by atoms with E-state index in [1.807, 2.05) is 0 Å². The highest BCUT2D eigenvalue weighted by Gasteiger charge is 2.31. The van der Waals surface area contributed by atoms with E-state index in [9.17, 15) is 4.79 Å². The minimum Gasteiger partial charge on any atom is -0.342 e. The first-order chi connectivity index (χ1) is 10.2. The highest BCUT2D eigenvalue weighted by atomic mass is 16.2. The Morgan fingerprint density at radius 1 is 1.14 bits per heavy atom. The molecule has 3 aliphatic rings. The van der Waals surface area contributed by atoms with Crippen molar-refractivity contribution in [2.45, 2.75) is 51.5 Å². The Balaban J connectivity index is 1.51. The SMILES string of the molecule is C[C@@H]1CCCCN1C[C@H]1CCCN(C(=O)[C@@H]2CCNC2)C1. The number of likely N-dealkylation sites (tertiary alicyclic amines) is 2. The van der Waals surface area contributed by atoms with E-state index in [1.165, 1.54) is 45.2 Å². The molecule has 3 fully saturated rings. The van der Waals surface area contributed by atoms with Crippen LogP contribution < -0.4 is 5.32 Å². The zero-order valence-electron chi connectivity index (χ0n) is 13.5. The summed E-state index contributed by atoms with van der Waals surface area (Å²) < 4.78 is 0. The van der Waals surface area contributed by atoms with Gasteiger partial charge >= 0.3 is 0 Å². The van der Waals surface area contributed by atoms with E-state index in [2.05, 4.69) is 22.0 Å². The molecule has 3 rings (SSSR count). The molecule has 1 amide bonds. The number of piperidine rings is 2. The first-order valence-electron chi connectivity index (χ1n) is 8.97. The fourth-order valence-corrected chi connectivity index (χ4v) is 4.30. The molecule has 120 valence electrons. The van der Waals surface area contributed by atoms with Crippen molar-refractivity contribution < 1.29 is 4.79 Å². The summed E-state index contributed by atoms with van der Waals surface area (Å²) in [5.41, 5.74) is 0. The van der Waals surface area contributed by atoms with Gasteiger partial charge in [-0.1, -0.05) is 6.42 Å². The van der Waals surface area contributed by atoms with Crippen LogP contribution in [0.5, 0.6) is 0 Å². The van der Waals surface area contributed by atoms with Gasteiger partial charge < -0.3 is 15.1 Å². The summed E-state index contributed by atoms with van der Waals surface area (Å²) in [5.74, 6) is 1.35. The van der Waals surface area contributed by atoms with Crippen LogP contribution in [-0.2, 0) is 4.79 Å². The number of nitrogens with zero attached hydrogens (tertiary/aromatic N) is 2. The van der Waals surface area contributed by atoms with Crippen LogP contribution in [-0.4, -0.2) is 61.0 Å². The average Bonchev–Trinajstić information content (AvgIpc) is 3.03. The van der Waals surface area contributed by atoms with E-state index >= 15 is 0 Å². The van der Waals surface area contributed by atoms with Gasteiger partial charge in [0.15, 0.2) is 0 Å². The number of nitrogens with one attached hydrogen (secondary N) is 1. The van der Waals surface area contributed by atoms with Crippen molar-refractivity contribution >= 4 is 5.91 Å². The van der Waals surface area contributed by atoms with Gasteiger partial charge in [0.25, 0.3) is 0 Å². The number of hydrogen-bond acceptors (Lipinski definition) is 3. The second kappa shape index (κ2) is 7.10. The fraction of sp³-hybridized carbons (Fsp3) is 0.941. The summed E-state index contributed by atoms with van der Waals surface area (Å²) in [6.07, 6.45) is 7.62. The van der Waals surface area contributed by atoms with Crippen molar-refractivity contribution in [2.24, 2.45) is 11.8 Å². The largest absolute Gasteiger partial charge is 0.342 e. The Hall–Kier alpha value is -0.610.